The van der Waals surface area contributed by atoms with Gasteiger partial charge in [-0.1, -0.05) is 54.4 Å². The summed E-state index contributed by atoms with van der Waals surface area (Å²) < 4.78 is 5.98. The third kappa shape index (κ3) is 5.24. The molecule has 0 radical (unpaired) electrons. The molecular formula is C30H44NO3P. The highest BCUT2D eigenvalue weighted by Crippen LogP contribution is 2.51. The lowest BCUT2D eigenvalue weighted by Crippen LogP contribution is -2.44. The number of ketones is 1. The van der Waals surface area contributed by atoms with Crippen LogP contribution >= 0.6 is 7.92 Å². The van der Waals surface area contributed by atoms with Crippen LogP contribution in [0.15, 0.2) is 21.3 Å². The number of fused-ring (bicyclic) bond motifs is 2. The first kappa shape index (κ1) is 26.4. The second kappa shape index (κ2) is 10.4. The molecule has 0 unspecified atom stereocenters. The zero-order chi connectivity index (χ0) is 25.4. The van der Waals surface area contributed by atoms with Crippen molar-refractivity contribution in [3.8, 4) is 0 Å². The molecule has 0 spiro atoms. The lowest BCUT2D eigenvalue weighted by Gasteiger charge is -2.48. The van der Waals surface area contributed by atoms with E-state index in [2.05, 4.69) is 52.5 Å². The molecule has 0 amide bonds. The number of anilines is 1. The molecule has 0 fully saturated rings. The standard InChI is InChI=1S/C30H44NO3P/c1-7-35(8-2)18-12-10-9-11-13-24(32)22-19-21-20-23-26-25(27(21)34-28(22)33)30(5,6)15-17-31(26)16-14-29(23,3)4/h19-20H,7-18H2,1-6H3. The summed E-state index contributed by atoms with van der Waals surface area (Å²) in [7, 11) is 0.208. The average Bonchev–Trinajstić information content (AvgIpc) is 2.81. The topological polar surface area (TPSA) is 50.5 Å². The van der Waals surface area contributed by atoms with E-state index in [1.54, 1.807) is 0 Å². The molecule has 5 heteroatoms. The Kier molecular flexibility index (Phi) is 7.82. The van der Waals surface area contributed by atoms with Crippen molar-refractivity contribution in [3.05, 3.63) is 39.2 Å². The zero-order valence-corrected chi connectivity index (χ0v) is 23.7. The molecule has 1 aromatic carbocycles. The zero-order valence-electron chi connectivity index (χ0n) is 22.8. The molecule has 4 rings (SSSR count). The Morgan fingerprint density at radius 2 is 1.63 bits per heavy atom. The quantitative estimate of drug-likeness (QED) is 0.147. The fourth-order valence-corrected chi connectivity index (χ4v) is 7.75. The van der Waals surface area contributed by atoms with Crippen molar-refractivity contribution in [3.63, 3.8) is 0 Å². The van der Waals surface area contributed by atoms with Gasteiger partial charge in [0.2, 0.25) is 0 Å². The summed E-state index contributed by atoms with van der Waals surface area (Å²) in [4.78, 5) is 28.5. The van der Waals surface area contributed by atoms with Crippen molar-refractivity contribution in [2.75, 3.05) is 36.5 Å². The SMILES string of the molecule is CCP(CC)CCCCCCC(=O)c1cc2cc3c4c(c2oc1=O)C(C)(C)CCN4CCC3(C)C. The summed E-state index contributed by atoms with van der Waals surface area (Å²) in [6.45, 7) is 15.8. The van der Waals surface area contributed by atoms with Crippen molar-refractivity contribution >= 4 is 30.4 Å². The molecule has 0 saturated carbocycles. The Hall–Kier alpha value is -1.67. The second-order valence-electron chi connectivity index (χ2n) is 11.9. The molecule has 1 aromatic heterocycles. The van der Waals surface area contributed by atoms with Gasteiger partial charge in [-0.2, -0.15) is 0 Å². The van der Waals surface area contributed by atoms with Gasteiger partial charge >= 0.3 is 5.63 Å². The summed E-state index contributed by atoms with van der Waals surface area (Å²) in [5, 5.41) is 0.902. The molecule has 2 aromatic rings. The molecule has 0 N–H and O–H groups in total. The van der Waals surface area contributed by atoms with Gasteiger partial charge < -0.3 is 9.32 Å². The third-order valence-electron chi connectivity index (χ3n) is 8.55. The van der Waals surface area contributed by atoms with Crippen LogP contribution in [0.2, 0.25) is 0 Å². The van der Waals surface area contributed by atoms with Crippen molar-refractivity contribution in [1.29, 1.82) is 0 Å². The van der Waals surface area contributed by atoms with Crippen molar-refractivity contribution in [2.45, 2.75) is 97.3 Å². The van der Waals surface area contributed by atoms with Crippen molar-refractivity contribution in [2.24, 2.45) is 0 Å². The fourth-order valence-electron chi connectivity index (χ4n) is 5.99. The molecule has 0 bridgehead atoms. The number of nitrogens with zero attached hydrogens (tertiary/aromatic N) is 1. The molecule has 3 heterocycles. The van der Waals surface area contributed by atoms with Crippen LogP contribution in [-0.2, 0) is 10.8 Å². The number of unbranched alkanes of at least 4 members (excludes halogenated alkanes) is 3. The van der Waals surface area contributed by atoms with Crippen LogP contribution in [0.4, 0.5) is 5.69 Å². The first-order valence-electron chi connectivity index (χ1n) is 13.8. The number of carbonyl (C=O) groups is 1. The van der Waals surface area contributed by atoms with Gasteiger partial charge in [0.15, 0.2) is 5.78 Å². The Labute approximate surface area is 212 Å². The highest BCUT2D eigenvalue weighted by Gasteiger charge is 2.42. The number of benzene rings is 1. The second-order valence-corrected chi connectivity index (χ2v) is 14.9. The van der Waals surface area contributed by atoms with Crippen LogP contribution in [0.1, 0.15) is 108 Å². The Morgan fingerprint density at radius 3 is 2.31 bits per heavy atom. The van der Waals surface area contributed by atoms with Crippen LogP contribution in [0, 0.1) is 0 Å². The summed E-state index contributed by atoms with van der Waals surface area (Å²) in [5.74, 6) is -0.0727. The highest BCUT2D eigenvalue weighted by molar-refractivity contribution is 7.57. The minimum absolute atomic E-state index is 0.0540. The number of Topliss-reactive ketones (excluding diaryl/α,β-unsaturated/α-hetero) is 1. The first-order valence-corrected chi connectivity index (χ1v) is 15.6. The maximum atomic E-state index is 13.0. The number of hydrogen-bond acceptors (Lipinski definition) is 4. The highest BCUT2D eigenvalue weighted by atomic mass is 31.1. The van der Waals surface area contributed by atoms with E-state index in [-0.39, 0.29) is 30.1 Å². The molecular weight excluding hydrogens is 453 g/mol. The van der Waals surface area contributed by atoms with Gasteiger partial charge in [0.1, 0.15) is 11.1 Å². The predicted octanol–water partition coefficient (Wildman–Crippen LogP) is 7.62. The van der Waals surface area contributed by atoms with E-state index < -0.39 is 5.63 Å². The number of hydrogen-bond donors (Lipinski definition) is 0. The molecule has 0 saturated heterocycles. The Bertz CT molecular complexity index is 1140. The van der Waals surface area contributed by atoms with Crippen molar-refractivity contribution < 1.29 is 9.21 Å². The molecule has 192 valence electrons. The summed E-state index contributed by atoms with van der Waals surface area (Å²) in [5.41, 5.74) is 4.15. The van der Waals surface area contributed by atoms with Gasteiger partial charge in [0.25, 0.3) is 0 Å². The van der Waals surface area contributed by atoms with Gasteiger partial charge in [-0.15, -0.1) is 7.92 Å². The Balaban J connectivity index is 1.58. The van der Waals surface area contributed by atoms with E-state index in [1.807, 2.05) is 6.07 Å². The molecule has 4 nitrogen and oxygen atoms in total. The van der Waals surface area contributed by atoms with Gasteiger partial charge in [0.05, 0.1) is 0 Å². The minimum atomic E-state index is -0.474. The predicted molar refractivity (Wildman–Crippen MR) is 150 cm³/mol. The molecule has 35 heavy (non-hydrogen) atoms. The van der Waals surface area contributed by atoms with Crippen LogP contribution in [0.25, 0.3) is 11.0 Å². The molecule has 2 aliphatic rings. The van der Waals surface area contributed by atoms with Crippen LogP contribution in [0.3, 0.4) is 0 Å². The minimum Gasteiger partial charge on any atom is -0.422 e. The smallest absolute Gasteiger partial charge is 0.347 e. The van der Waals surface area contributed by atoms with Gasteiger partial charge in [-0.05, 0) is 72.7 Å². The van der Waals surface area contributed by atoms with E-state index in [1.165, 1.54) is 42.6 Å². The average molecular weight is 498 g/mol. The molecule has 0 aliphatic carbocycles. The number of rotatable bonds is 10. The van der Waals surface area contributed by atoms with Crippen LogP contribution in [-0.4, -0.2) is 37.4 Å². The van der Waals surface area contributed by atoms with Crippen molar-refractivity contribution in [1.82, 2.24) is 0 Å². The lowest BCUT2D eigenvalue weighted by molar-refractivity contribution is 0.0975. The van der Waals surface area contributed by atoms with E-state index in [4.69, 9.17) is 4.42 Å². The summed E-state index contributed by atoms with van der Waals surface area (Å²) >= 11 is 0. The number of carbonyl (C=O) groups excluding carboxylic acids is 1. The largest absolute Gasteiger partial charge is 0.422 e. The molecule has 2 aliphatic heterocycles. The van der Waals surface area contributed by atoms with Crippen LogP contribution in [0.5, 0.6) is 0 Å². The van der Waals surface area contributed by atoms with E-state index in [0.29, 0.717) is 12.0 Å². The van der Waals surface area contributed by atoms with Gasteiger partial charge in [0, 0.05) is 36.1 Å². The third-order valence-corrected chi connectivity index (χ3v) is 11.3. The van der Waals surface area contributed by atoms with E-state index in [0.717, 1.165) is 49.7 Å². The first-order chi connectivity index (χ1) is 16.6. The normalized spacial score (nSPS) is 18.2. The maximum Gasteiger partial charge on any atom is 0.347 e. The summed E-state index contributed by atoms with van der Waals surface area (Å²) in [6, 6.07) is 4.02. The lowest BCUT2D eigenvalue weighted by atomic mass is 9.69. The molecule has 0 atom stereocenters. The maximum absolute atomic E-state index is 13.0. The van der Waals surface area contributed by atoms with E-state index in [9.17, 15) is 9.59 Å². The van der Waals surface area contributed by atoms with E-state index >= 15 is 0 Å². The van der Waals surface area contributed by atoms with Gasteiger partial charge in [-0.3, -0.25) is 4.79 Å². The van der Waals surface area contributed by atoms with Crippen LogP contribution < -0.4 is 10.5 Å². The fraction of sp³-hybridized carbons (Fsp3) is 0.667. The summed E-state index contributed by atoms with van der Waals surface area (Å²) in [6.07, 6.45) is 10.9. The Morgan fingerprint density at radius 1 is 0.971 bits per heavy atom. The monoisotopic (exact) mass is 497 g/mol. The van der Waals surface area contributed by atoms with Gasteiger partial charge in [-0.25, -0.2) is 4.79 Å².